The van der Waals surface area contributed by atoms with Crippen LogP contribution in [0.3, 0.4) is 0 Å². The fraction of sp³-hybridized carbons (Fsp3) is 0.500. The maximum absolute atomic E-state index is 12.7. The van der Waals surface area contributed by atoms with Crippen LogP contribution in [0.2, 0.25) is 0 Å². The van der Waals surface area contributed by atoms with Gasteiger partial charge in [-0.15, -0.1) is 0 Å². The number of rotatable bonds is 5. The van der Waals surface area contributed by atoms with Crippen molar-refractivity contribution in [3.8, 4) is 0 Å². The highest BCUT2D eigenvalue weighted by Gasteiger charge is 2.42. The van der Waals surface area contributed by atoms with Crippen LogP contribution in [0.5, 0.6) is 0 Å². The van der Waals surface area contributed by atoms with E-state index in [1.54, 1.807) is 6.07 Å². The van der Waals surface area contributed by atoms with E-state index < -0.39 is 11.6 Å². The normalized spacial score (nSPS) is 16.6. The molecule has 0 aromatic carbocycles. The molecule has 2 rings (SSSR count). The second-order valence-electron chi connectivity index (χ2n) is 4.27. The van der Waals surface area contributed by atoms with E-state index in [1.165, 1.54) is 6.20 Å². The molecule has 7 heteroatoms. The maximum atomic E-state index is 12.7. The Bertz CT molecular complexity index is 451. The summed E-state index contributed by atoms with van der Waals surface area (Å²) in [5.74, 6) is -0.233. The number of nitrogens with zero attached hydrogens (tertiary/aromatic N) is 2. The number of aromatic nitrogens is 1. The van der Waals surface area contributed by atoms with E-state index in [9.17, 15) is 14.5 Å². The van der Waals surface area contributed by atoms with E-state index in [-0.39, 0.29) is 11.2 Å². The maximum Gasteiger partial charge on any atom is 0.386 e. The van der Waals surface area contributed by atoms with Gasteiger partial charge in [0.15, 0.2) is 6.20 Å². The van der Waals surface area contributed by atoms with Gasteiger partial charge in [0.05, 0.1) is 11.1 Å². The summed E-state index contributed by atoms with van der Waals surface area (Å²) in [4.78, 5) is 13.9. The highest BCUT2D eigenvalue weighted by atomic mass is 79.9. The van der Waals surface area contributed by atoms with E-state index in [4.69, 9.17) is 0 Å². The van der Waals surface area contributed by atoms with E-state index in [0.29, 0.717) is 16.7 Å². The molecule has 1 fully saturated rings. The topological polar surface area (TPSA) is 68.1 Å². The highest BCUT2D eigenvalue weighted by molar-refractivity contribution is 9.10. The van der Waals surface area contributed by atoms with Crippen molar-refractivity contribution in [1.29, 1.82) is 0 Å². The van der Waals surface area contributed by atoms with E-state index in [1.807, 2.05) is 0 Å². The molecular weight excluding hydrogens is 293 g/mol. The van der Waals surface area contributed by atoms with Gasteiger partial charge < -0.3 is 15.4 Å². The summed E-state index contributed by atoms with van der Waals surface area (Å²) in [6, 6.07) is 1.58. The van der Waals surface area contributed by atoms with Crippen molar-refractivity contribution in [3.05, 3.63) is 26.9 Å². The standard InChI is InChI=1S/C10H11BrFN3O2/c11-7-3-8(9(13-4-7)15(16)17)14-6-10(5-12)1-2-10/h3-4,14H,1-2,5-6H2. The van der Waals surface area contributed by atoms with Gasteiger partial charge in [-0.2, -0.15) is 0 Å². The molecule has 17 heavy (non-hydrogen) atoms. The summed E-state index contributed by atoms with van der Waals surface area (Å²) in [5, 5.41) is 13.7. The molecular formula is C10H11BrFN3O2. The van der Waals surface area contributed by atoms with E-state index in [2.05, 4.69) is 26.2 Å². The molecule has 0 spiro atoms. The minimum atomic E-state index is -0.552. The van der Waals surface area contributed by atoms with Crippen LogP contribution in [0.4, 0.5) is 15.9 Å². The number of anilines is 1. The average Bonchev–Trinajstić information content (AvgIpc) is 3.07. The lowest BCUT2D eigenvalue weighted by atomic mass is 10.1. The number of halogens is 2. The first kappa shape index (κ1) is 12.2. The molecule has 1 aliphatic carbocycles. The molecule has 1 N–H and O–H groups in total. The molecule has 0 bridgehead atoms. The van der Waals surface area contributed by atoms with Crippen molar-refractivity contribution in [2.24, 2.45) is 5.41 Å². The number of hydrogen-bond acceptors (Lipinski definition) is 4. The molecule has 92 valence electrons. The third kappa shape index (κ3) is 2.71. The minimum absolute atomic E-state index is 0.233. The molecule has 5 nitrogen and oxygen atoms in total. The summed E-state index contributed by atoms with van der Waals surface area (Å²) < 4.78 is 13.3. The first-order valence-corrected chi connectivity index (χ1v) is 5.95. The number of pyridine rings is 1. The molecule has 1 saturated carbocycles. The zero-order valence-corrected chi connectivity index (χ0v) is 10.5. The van der Waals surface area contributed by atoms with Crippen molar-refractivity contribution in [2.75, 3.05) is 18.5 Å². The van der Waals surface area contributed by atoms with Crippen molar-refractivity contribution in [2.45, 2.75) is 12.8 Å². The Morgan fingerprint density at radius 3 is 2.88 bits per heavy atom. The fourth-order valence-corrected chi connectivity index (χ4v) is 1.86. The summed E-state index contributed by atoms with van der Waals surface area (Å²) in [6.45, 7) is 0.0116. The smallest absolute Gasteiger partial charge is 0.377 e. The van der Waals surface area contributed by atoms with Gasteiger partial charge in [0, 0.05) is 12.0 Å². The van der Waals surface area contributed by atoms with Gasteiger partial charge in [0.25, 0.3) is 0 Å². The predicted molar refractivity (Wildman–Crippen MR) is 64.7 cm³/mol. The molecule has 0 saturated heterocycles. The van der Waals surface area contributed by atoms with Crippen molar-refractivity contribution >= 4 is 27.4 Å². The van der Waals surface area contributed by atoms with Gasteiger partial charge >= 0.3 is 5.82 Å². The number of alkyl halides is 1. The van der Waals surface area contributed by atoms with Crippen LogP contribution in [0, 0.1) is 15.5 Å². The summed E-state index contributed by atoms with van der Waals surface area (Å²) >= 11 is 3.20. The lowest BCUT2D eigenvalue weighted by Crippen LogP contribution is -2.18. The quantitative estimate of drug-likeness (QED) is 0.671. The molecule has 1 aromatic rings. The minimum Gasteiger partial charge on any atom is -0.377 e. The number of hydrogen-bond donors (Lipinski definition) is 1. The largest absolute Gasteiger partial charge is 0.386 e. The van der Waals surface area contributed by atoms with Crippen molar-refractivity contribution < 1.29 is 9.31 Å². The lowest BCUT2D eigenvalue weighted by Gasteiger charge is -2.12. The van der Waals surface area contributed by atoms with Gasteiger partial charge in [-0.1, -0.05) is 0 Å². The Hall–Kier alpha value is -1.24. The first-order chi connectivity index (χ1) is 8.06. The third-order valence-electron chi connectivity index (χ3n) is 2.90. The van der Waals surface area contributed by atoms with Crippen molar-refractivity contribution in [1.82, 2.24) is 4.98 Å². The Balaban J connectivity index is 2.13. The van der Waals surface area contributed by atoms with Crippen molar-refractivity contribution in [3.63, 3.8) is 0 Å². The van der Waals surface area contributed by atoms with Gasteiger partial charge in [0.1, 0.15) is 5.69 Å². The second-order valence-corrected chi connectivity index (χ2v) is 5.18. The highest BCUT2D eigenvalue weighted by Crippen LogP contribution is 2.46. The average molecular weight is 304 g/mol. The Morgan fingerprint density at radius 1 is 1.65 bits per heavy atom. The van der Waals surface area contributed by atoms with Crippen LogP contribution in [0.15, 0.2) is 16.7 Å². The number of nitrogens with one attached hydrogen (secondary N) is 1. The summed E-state index contributed by atoms with van der Waals surface area (Å²) in [6.07, 6.45) is 3.02. The first-order valence-electron chi connectivity index (χ1n) is 5.16. The summed E-state index contributed by atoms with van der Waals surface area (Å²) in [7, 11) is 0. The molecule has 0 aliphatic heterocycles. The van der Waals surface area contributed by atoms with E-state index >= 15 is 0 Å². The predicted octanol–water partition coefficient (Wildman–Crippen LogP) is 2.91. The molecule has 0 amide bonds. The molecule has 1 aliphatic rings. The van der Waals surface area contributed by atoms with Gasteiger partial charge in [-0.3, -0.25) is 4.39 Å². The Labute approximate surface area is 106 Å². The van der Waals surface area contributed by atoms with Crippen LogP contribution in [0.25, 0.3) is 0 Å². The van der Waals surface area contributed by atoms with Crippen LogP contribution >= 0.6 is 15.9 Å². The number of nitro groups is 1. The van der Waals surface area contributed by atoms with Crippen LogP contribution in [-0.2, 0) is 0 Å². The zero-order valence-electron chi connectivity index (χ0n) is 8.95. The Morgan fingerprint density at radius 2 is 2.35 bits per heavy atom. The van der Waals surface area contributed by atoms with Crippen LogP contribution < -0.4 is 5.32 Å². The Kier molecular flexibility index (Phi) is 3.28. The lowest BCUT2D eigenvalue weighted by molar-refractivity contribution is -0.388. The van der Waals surface area contributed by atoms with Gasteiger partial charge in [-0.05, 0) is 44.7 Å². The molecule has 1 heterocycles. The zero-order chi connectivity index (χ0) is 12.5. The van der Waals surface area contributed by atoms with Crippen LogP contribution in [-0.4, -0.2) is 23.1 Å². The van der Waals surface area contributed by atoms with Gasteiger partial charge in [-0.25, -0.2) is 0 Å². The fourth-order valence-electron chi connectivity index (χ4n) is 1.52. The molecule has 0 unspecified atom stereocenters. The molecule has 0 radical (unpaired) electrons. The summed E-state index contributed by atoms with van der Waals surface area (Å²) in [5.41, 5.74) is 0.0000128. The monoisotopic (exact) mass is 303 g/mol. The SMILES string of the molecule is O=[N+]([O-])c1ncc(Br)cc1NCC1(CF)CC1. The molecule has 0 atom stereocenters. The molecule has 1 aromatic heterocycles. The third-order valence-corrected chi connectivity index (χ3v) is 3.33. The second kappa shape index (κ2) is 4.56. The van der Waals surface area contributed by atoms with Gasteiger partial charge in [0.2, 0.25) is 0 Å². The van der Waals surface area contributed by atoms with Crippen LogP contribution in [0.1, 0.15) is 12.8 Å². The van der Waals surface area contributed by atoms with E-state index in [0.717, 1.165) is 12.8 Å².